The summed E-state index contributed by atoms with van der Waals surface area (Å²) >= 11 is 0. The van der Waals surface area contributed by atoms with Crippen LogP contribution in [0.5, 0.6) is 0 Å². The molecule has 0 bridgehead atoms. The fourth-order valence-corrected chi connectivity index (χ4v) is 4.84. The van der Waals surface area contributed by atoms with E-state index in [1.807, 2.05) is 24.5 Å². The minimum Gasteiger partial charge on any atom is -0.372 e. The molecule has 0 unspecified atom stereocenters. The van der Waals surface area contributed by atoms with Gasteiger partial charge in [-0.05, 0) is 69.2 Å². The third kappa shape index (κ3) is 6.20. The third-order valence-electron chi connectivity index (χ3n) is 6.80. The lowest BCUT2D eigenvalue weighted by Crippen LogP contribution is -2.25. The van der Waals surface area contributed by atoms with Gasteiger partial charge in [0.2, 0.25) is 0 Å². The maximum absolute atomic E-state index is 4.95. The van der Waals surface area contributed by atoms with Crippen LogP contribution >= 0.6 is 0 Å². The minimum absolute atomic E-state index is 0.870. The van der Waals surface area contributed by atoms with Crippen LogP contribution in [0.4, 0.5) is 0 Å². The molecule has 0 spiro atoms. The van der Waals surface area contributed by atoms with Gasteiger partial charge in [-0.3, -0.25) is 9.97 Å². The van der Waals surface area contributed by atoms with Gasteiger partial charge in [-0.2, -0.15) is 0 Å². The van der Waals surface area contributed by atoms with Crippen LogP contribution in [0.15, 0.2) is 97.3 Å². The quantitative estimate of drug-likeness (QED) is 0.209. The number of nitrogens with zero attached hydrogens (tertiary/aromatic N) is 4. The second kappa shape index (κ2) is 13.4. The van der Waals surface area contributed by atoms with Crippen LogP contribution in [0.1, 0.15) is 49.9 Å². The number of pyridine rings is 2. The molecule has 0 aliphatic rings. The summed E-state index contributed by atoms with van der Waals surface area (Å²) in [6, 6.07) is 29.3. The molecule has 0 aliphatic carbocycles. The Morgan fingerprint density at radius 3 is 1.63 bits per heavy atom. The van der Waals surface area contributed by atoms with E-state index in [4.69, 9.17) is 9.97 Å². The van der Waals surface area contributed by atoms with Crippen molar-refractivity contribution in [1.29, 1.82) is 0 Å². The summed E-state index contributed by atoms with van der Waals surface area (Å²) in [5, 5.41) is 0. The summed E-state index contributed by atoms with van der Waals surface area (Å²) in [6.07, 6.45) is 8.36. The SMILES string of the molecule is CCN(CC)C(=Cc1ccccc1)c1ccnc(-c2ccccn2)c1C(=Cc1ccccc1)N(CC)CC. The number of benzene rings is 2. The van der Waals surface area contributed by atoms with Crippen molar-refractivity contribution >= 4 is 23.5 Å². The van der Waals surface area contributed by atoms with Crippen LogP contribution in [0.25, 0.3) is 34.9 Å². The van der Waals surface area contributed by atoms with E-state index in [0.29, 0.717) is 0 Å². The average molecular weight is 503 g/mol. The molecule has 0 N–H and O–H groups in total. The van der Waals surface area contributed by atoms with Gasteiger partial charge in [-0.15, -0.1) is 0 Å². The first kappa shape index (κ1) is 26.9. The van der Waals surface area contributed by atoms with Crippen molar-refractivity contribution in [2.24, 2.45) is 0 Å². The molecule has 4 heteroatoms. The first-order valence-corrected chi connectivity index (χ1v) is 13.6. The Balaban J connectivity index is 2.09. The highest BCUT2D eigenvalue weighted by molar-refractivity contribution is 5.94. The molecule has 0 saturated heterocycles. The van der Waals surface area contributed by atoms with Gasteiger partial charge in [0.25, 0.3) is 0 Å². The molecule has 38 heavy (non-hydrogen) atoms. The molecule has 2 aromatic heterocycles. The monoisotopic (exact) mass is 502 g/mol. The summed E-state index contributed by atoms with van der Waals surface area (Å²) in [7, 11) is 0. The van der Waals surface area contributed by atoms with Crippen LogP contribution in [0, 0.1) is 0 Å². The van der Waals surface area contributed by atoms with E-state index < -0.39 is 0 Å². The second-order valence-electron chi connectivity index (χ2n) is 9.02. The molecule has 0 aliphatic heterocycles. The lowest BCUT2D eigenvalue weighted by Gasteiger charge is -2.31. The lowest BCUT2D eigenvalue weighted by molar-refractivity contribution is 0.438. The maximum Gasteiger partial charge on any atom is 0.0986 e. The summed E-state index contributed by atoms with van der Waals surface area (Å²) in [5.41, 5.74) is 8.69. The highest BCUT2D eigenvalue weighted by Gasteiger charge is 2.24. The third-order valence-corrected chi connectivity index (χ3v) is 6.80. The van der Waals surface area contributed by atoms with Gasteiger partial charge in [-0.1, -0.05) is 66.7 Å². The number of rotatable bonds is 11. The second-order valence-corrected chi connectivity index (χ2v) is 9.02. The Morgan fingerprint density at radius 1 is 0.579 bits per heavy atom. The fraction of sp³-hybridized carbons (Fsp3) is 0.235. The fourth-order valence-electron chi connectivity index (χ4n) is 4.84. The first-order valence-electron chi connectivity index (χ1n) is 13.6. The zero-order chi connectivity index (χ0) is 26.7. The molecule has 0 amide bonds. The molecule has 0 saturated carbocycles. The van der Waals surface area contributed by atoms with Crippen LogP contribution in [0.3, 0.4) is 0 Å². The topological polar surface area (TPSA) is 32.3 Å². The standard InChI is InChI=1S/C34H38N4/c1-5-37(6-2)31(25-27-17-11-9-12-18-27)29-22-24-36-34(30-21-15-16-23-35-30)33(29)32(38(7-3)8-4)26-28-19-13-10-14-20-28/h9-26H,5-8H2,1-4H3. The Bertz CT molecular complexity index is 1340. The first-order chi connectivity index (χ1) is 18.7. The van der Waals surface area contributed by atoms with E-state index in [-0.39, 0.29) is 0 Å². The van der Waals surface area contributed by atoms with Crippen molar-refractivity contribution in [2.45, 2.75) is 27.7 Å². The molecule has 4 aromatic rings. The average Bonchev–Trinajstić information content (AvgIpc) is 2.98. The zero-order valence-corrected chi connectivity index (χ0v) is 23.0. The van der Waals surface area contributed by atoms with Crippen LogP contribution in [0.2, 0.25) is 0 Å². The molecule has 2 heterocycles. The van der Waals surface area contributed by atoms with Crippen molar-refractivity contribution < 1.29 is 0 Å². The van der Waals surface area contributed by atoms with Gasteiger partial charge < -0.3 is 9.80 Å². The summed E-state index contributed by atoms with van der Waals surface area (Å²) in [6.45, 7) is 12.4. The summed E-state index contributed by atoms with van der Waals surface area (Å²) < 4.78 is 0. The summed E-state index contributed by atoms with van der Waals surface area (Å²) in [4.78, 5) is 14.5. The van der Waals surface area contributed by atoms with Crippen molar-refractivity contribution in [2.75, 3.05) is 26.2 Å². The van der Waals surface area contributed by atoms with Gasteiger partial charge in [0, 0.05) is 61.1 Å². The molecular formula is C34H38N4. The Labute approximate surface area is 228 Å². The predicted molar refractivity (Wildman–Crippen MR) is 162 cm³/mol. The van der Waals surface area contributed by atoms with Crippen molar-refractivity contribution in [3.8, 4) is 11.4 Å². The lowest BCUT2D eigenvalue weighted by atomic mass is 9.94. The van der Waals surface area contributed by atoms with E-state index in [9.17, 15) is 0 Å². The zero-order valence-electron chi connectivity index (χ0n) is 23.0. The Morgan fingerprint density at radius 2 is 1.11 bits per heavy atom. The molecule has 0 radical (unpaired) electrons. The molecular weight excluding hydrogens is 464 g/mol. The smallest absolute Gasteiger partial charge is 0.0986 e. The molecule has 4 nitrogen and oxygen atoms in total. The normalized spacial score (nSPS) is 11.9. The van der Waals surface area contributed by atoms with Crippen molar-refractivity contribution in [3.05, 3.63) is 120 Å². The van der Waals surface area contributed by atoms with Crippen molar-refractivity contribution in [1.82, 2.24) is 19.8 Å². The molecule has 0 fully saturated rings. The Kier molecular flexibility index (Phi) is 9.47. The number of hydrogen-bond acceptors (Lipinski definition) is 4. The predicted octanol–water partition coefficient (Wildman–Crippen LogP) is 7.82. The van der Waals surface area contributed by atoms with E-state index in [2.05, 4.69) is 122 Å². The largest absolute Gasteiger partial charge is 0.372 e. The van der Waals surface area contributed by atoms with Gasteiger partial charge >= 0.3 is 0 Å². The van der Waals surface area contributed by atoms with E-state index in [0.717, 1.165) is 60.0 Å². The van der Waals surface area contributed by atoms with E-state index in [1.165, 1.54) is 11.3 Å². The van der Waals surface area contributed by atoms with Crippen molar-refractivity contribution in [3.63, 3.8) is 0 Å². The van der Waals surface area contributed by atoms with Gasteiger partial charge in [0.15, 0.2) is 0 Å². The van der Waals surface area contributed by atoms with Gasteiger partial charge in [-0.25, -0.2) is 0 Å². The highest BCUT2D eigenvalue weighted by Crippen LogP contribution is 2.37. The van der Waals surface area contributed by atoms with E-state index in [1.54, 1.807) is 0 Å². The molecule has 0 atom stereocenters. The Hall–Kier alpha value is -4.18. The van der Waals surface area contributed by atoms with Crippen LogP contribution in [-0.4, -0.2) is 45.9 Å². The maximum atomic E-state index is 4.95. The minimum atomic E-state index is 0.870. The molecule has 4 rings (SSSR count). The van der Waals surface area contributed by atoms with Crippen LogP contribution < -0.4 is 0 Å². The highest BCUT2D eigenvalue weighted by atomic mass is 15.1. The number of hydrogen-bond donors (Lipinski definition) is 0. The summed E-state index contributed by atoms with van der Waals surface area (Å²) in [5.74, 6) is 0. The van der Waals surface area contributed by atoms with E-state index >= 15 is 0 Å². The van der Waals surface area contributed by atoms with Crippen LogP contribution in [-0.2, 0) is 0 Å². The molecule has 2 aromatic carbocycles. The molecule has 194 valence electrons. The van der Waals surface area contributed by atoms with Gasteiger partial charge in [0.1, 0.15) is 0 Å². The van der Waals surface area contributed by atoms with Gasteiger partial charge in [0.05, 0.1) is 11.4 Å². The number of aromatic nitrogens is 2.